The number of ketones is 1. The van der Waals surface area contributed by atoms with E-state index >= 15 is 0 Å². The van der Waals surface area contributed by atoms with Gasteiger partial charge in [0.05, 0.1) is 6.61 Å². The van der Waals surface area contributed by atoms with Gasteiger partial charge in [0.15, 0.2) is 11.3 Å². The molecule has 0 amide bonds. The highest BCUT2D eigenvalue weighted by molar-refractivity contribution is 6.31. The van der Waals surface area contributed by atoms with Crippen LogP contribution in [0.15, 0.2) is 66.0 Å². The molecule has 146 valence electrons. The molecule has 0 bridgehead atoms. The zero-order valence-corrected chi connectivity index (χ0v) is 16.1. The molecule has 2 aromatic heterocycles. The monoisotopic (exact) mass is 409 g/mol. The van der Waals surface area contributed by atoms with Crippen molar-refractivity contribution in [1.82, 2.24) is 9.97 Å². The fourth-order valence-electron chi connectivity index (χ4n) is 2.94. The molecule has 0 aliphatic carbocycles. The summed E-state index contributed by atoms with van der Waals surface area (Å²) in [4.78, 5) is 32.6. The lowest BCUT2D eigenvalue weighted by molar-refractivity contribution is -0.139. The van der Waals surface area contributed by atoms with Crippen LogP contribution in [0.3, 0.4) is 0 Å². The molecule has 3 heterocycles. The number of carbonyl (C=O) groups excluding carboxylic acids is 2. The van der Waals surface area contributed by atoms with Gasteiger partial charge in [-0.25, -0.2) is 9.78 Å². The van der Waals surface area contributed by atoms with Crippen molar-refractivity contribution in [2.45, 2.75) is 6.92 Å². The Morgan fingerprint density at radius 3 is 3.00 bits per heavy atom. The summed E-state index contributed by atoms with van der Waals surface area (Å²) in [5, 5.41) is 4.26. The first-order valence-corrected chi connectivity index (χ1v) is 9.25. The van der Waals surface area contributed by atoms with Crippen LogP contribution in [0, 0.1) is 0 Å². The third-order valence-electron chi connectivity index (χ3n) is 4.22. The van der Waals surface area contributed by atoms with E-state index in [2.05, 4.69) is 15.3 Å². The third kappa shape index (κ3) is 3.72. The van der Waals surface area contributed by atoms with Crippen molar-refractivity contribution in [3.63, 3.8) is 0 Å². The number of anilines is 1. The van der Waals surface area contributed by atoms with Gasteiger partial charge in [-0.3, -0.25) is 4.79 Å². The van der Waals surface area contributed by atoms with Crippen LogP contribution in [-0.4, -0.2) is 28.3 Å². The lowest BCUT2D eigenvalue weighted by atomic mass is 10.1. The van der Waals surface area contributed by atoms with Gasteiger partial charge in [0.2, 0.25) is 11.7 Å². The van der Waals surface area contributed by atoms with Gasteiger partial charge in [0.1, 0.15) is 5.65 Å². The number of ether oxygens (including phenoxy) is 2. The molecule has 0 spiro atoms. The summed E-state index contributed by atoms with van der Waals surface area (Å²) in [6.45, 7) is 1.80. The molecule has 4 rings (SSSR count). The molecule has 3 aromatic rings. The summed E-state index contributed by atoms with van der Waals surface area (Å²) in [5.41, 5.74) is 1.76. The molecule has 1 aromatic carbocycles. The molecule has 8 heteroatoms. The van der Waals surface area contributed by atoms with E-state index in [9.17, 15) is 9.59 Å². The number of benzene rings is 1. The van der Waals surface area contributed by atoms with Gasteiger partial charge in [-0.05, 0) is 43.3 Å². The van der Waals surface area contributed by atoms with Gasteiger partial charge in [0, 0.05) is 34.1 Å². The number of allylic oxidation sites excluding steroid dienone is 1. The molecular formula is C21H16ClN3O4. The minimum Gasteiger partial charge on any atom is -0.462 e. The number of esters is 1. The second-order valence-electron chi connectivity index (χ2n) is 6.14. The smallest absolute Gasteiger partial charge is 0.347 e. The lowest BCUT2D eigenvalue weighted by Gasteiger charge is -2.09. The summed E-state index contributed by atoms with van der Waals surface area (Å²) in [5.74, 6) is -1.32. The minimum absolute atomic E-state index is 0.0000621. The van der Waals surface area contributed by atoms with E-state index in [-0.39, 0.29) is 23.8 Å². The predicted molar refractivity (Wildman–Crippen MR) is 109 cm³/mol. The van der Waals surface area contributed by atoms with Crippen molar-refractivity contribution in [2.75, 3.05) is 11.9 Å². The first-order chi connectivity index (χ1) is 14.1. The van der Waals surface area contributed by atoms with Gasteiger partial charge < -0.3 is 19.8 Å². The number of nitrogens with zero attached hydrogens (tertiary/aromatic N) is 1. The van der Waals surface area contributed by atoms with E-state index in [0.29, 0.717) is 21.9 Å². The van der Waals surface area contributed by atoms with E-state index in [4.69, 9.17) is 21.1 Å². The zero-order valence-electron chi connectivity index (χ0n) is 15.4. The molecule has 0 atom stereocenters. The fraction of sp³-hybridized carbons (Fsp3) is 0.0952. The van der Waals surface area contributed by atoms with Gasteiger partial charge in [0.25, 0.3) is 0 Å². The third-order valence-corrected chi connectivity index (χ3v) is 4.46. The largest absolute Gasteiger partial charge is 0.462 e. The van der Waals surface area contributed by atoms with Gasteiger partial charge in [-0.2, -0.15) is 0 Å². The number of aromatic amines is 1. The molecule has 0 saturated carbocycles. The molecule has 7 nitrogen and oxygen atoms in total. The Hall–Kier alpha value is -3.58. The number of rotatable bonds is 5. The number of pyridine rings is 1. The molecule has 2 N–H and O–H groups in total. The Bertz CT molecular complexity index is 1180. The zero-order chi connectivity index (χ0) is 20.4. The highest BCUT2D eigenvalue weighted by Gasteiger charge is 2.37. The van der Waals surface area contributed by atoms with Crippen LogP contribution in [0.25, 0.3) is 17.1 Å². The van der Waals surface area contributed by atoms with Gasteiger partial charge in [-0.1, -0.05) is 17.7 Å². The molecule has 0 unspecified atom stereocenters. The Morgan fingerprint density at radius 1 is 1.34 bits per heavy atom. The topological polar surface area (TPSA) is 93.3 Å². The van der Waals surface area contributed by atoms with Gasteiger partial charge >= 0.3 is 5.97 Å². The Labute approximate surface area is 171 Å². The van der Waals surface area contributed by atoms with Crippen molar-refractivity contribution in [1.29, 1.82) is 0 Å². The molecule has 1 aliphatic rings. The number of aromatic nitrogens is 2. The van der Waals surface area contributed by atoms with Crippen molar-refractivity contribution < 1.29 is 19.1 Å². The summed E-state index contributed by atoms with van der Waals surface area (Å²) in [6.07, 6.45) is 4.95. The van der Waals surface area contributed by atoms with Crippen molar-refractivity contribution in [2.24, 2.45) is 0 Å². The van der Waals surface area contributed by atoms with Gasteiger partial charge in [-0.15, -0.1) is 0 Å². The van der Waals surface area contributed by atoms with Crippen LogP contribution in [0.5, 0.6) is 0 Å². The SMILES string of the molecule is CCOC(=O)C1=C(Nc2cccc(Cl)c2)O/C(=C\c2c[nH]c3ncccc23)C1=O. The number of halogens is 1. The van der Waals surface area contributed by atoms with E-state index in [0.717, 1.165) is 5.39 Å². The Morgan fingerprint density at radius 2 is 2.21 bits per heavy atom. The molecule has 1 aliphatic heterocycles. The number of H-pyrrole nitrogens is 1. The van der Waals surface area contributed by atoms with E-state index in [1.54, 1.807) is 55.7 Å². The van der Waals surface area contributed by atoms with Crippen molar-refractivity contribution in [3.05, 3.63) is 76.6 Å². The van der Waals surface area contributed by atoms with Crippen LogP contribution < -0.4 is 5.32 Å². The normalized spacial score (nSPS) is 15.1. The maximum atomic E-state index is 12.9. The van der Waals surface area contributed by atoms with E-state index < -0.39 is 11.8 Å². The van der Waals surface area contributed by atoms with Crippen LogP contribution in [0.2, 0.25) is 5.02 Å². The molecular weight excluding hydrogens is 394 g/mol. The molecule has 29 heavy (non-hydrogen) atoms. The highest BCUT2D eigenvalue weighted by atomic mass is 35.5. The van der Waals surface area contributed by atoms with Crippen LogP contribution in [-0.2, 0) is 19.1 Å². The standard InChI is InChI=1S/C21H16ClN3O4/c1-2-28-21(27)17-18(26)16(9-12-11-24-19-15(12)7-4-8-23-19)29-20(17)25-14-6-3-5-13(22)10-14/h3-11,25H,2H2,1H3,(H,23,24)/b16-9-. The van der Waals surface area contributed by atoms with Crippen molar-refractivity contribution >= 4 is 46.2 Å². The molecule has 0 saturated heterocycles. The number of carbonyl (C=O) groups is 2. The van der Waals surface area contributed by atoms with Crippen LogP contribution in [0.4, 0.5) is 5.69 Å². The first-order valence-electron chi connectivity index (χ1n) is 8.87. The average molecular weight is 410 g/mol. The van der Waals surface area contributed by atoms with Crippen LogP contribution >= 0.6 is 11.6 Å². The number of hydrogen-bond acceptors (Lipinski definition) is 6. The minimum atomic E-state index is -0.758. The Balaban J connectivity index is 1.71. The number of nitrogens with one attached hydrogen (secondary N) is 2. The van der Waals surface area contributed by atoms with Crippen LogP contribution in [0.1, 0.15) is 12.5 Å². The summed E-state index contributed by atoms with van der Waals surface area (Å²) in [7, 11) is 0. The second-order valence-corrected chi connectivity index (χ2v) is 6.58. The highest BCUT2D eigenvalue weighted by Crippen LogP contribution is 2.30. The average Bonchev–Trinajstić information content (AvgIpc) is 3.24. The predicted octanol–water partition coefficient (Wildman–Crippen LogP) is 4.04. The Kier molecular flexibility index (Phi) is 5.05. The summed E-state index contributed by atoms with van der Waals surface area (Å²) < 4.78 is 10.8. The maximum absolute atomic E-state index is 12.9. The second kappa shape index (κ2) is 7.81. The summed E-state index contributed by atoms with van der Waals surface area (Å²) >= 11 is 6.01. The first kappa shape index (κ1) is 18.8. The fourth-order valence-corrected chi connectivity index (χ4v) is 3.13. The number of hydrogen-bond donors (Lipinski definition) is 2. The van der Waals surface area contributed by atoms with E-state index in [1.807, 2.05) is 6.07 Å². The quantitative estimate of drug-likeness (QED) is 0.375. The lowest BCUT2D eigenvalue weighted by Crippen LogP contribution is -2.16. The number of fused-ring (bicyclic) bond motifs is 1. The van der Waals surface area contributed by atoms with E-state index in [1.165, 1.54) is 0 Å². The number of Topliss-reactive ketones (excluding diaryl/α,β-unsaturated/α-hetero) is 1. The maximum Gasteiger partial charge on any atom is 0.347 e. The molecule has 0 fully saturated rings. The summed E-state index contributed by atoms with van der Waals surface area (Å²) in [6, 6.07) is 10.5. The van der Waals surface area contributed by atoms with Crippen molar-refractivity contribution in [3.8, 4) is 0 Å². The molecule has 0 radical (unpaired) electrons.